The van der Waals surface area contributed by atoms with Crippen molar-refractivity contribution in [1.29, 1.82) is 0 Å². The number of methoxy groups -OCH3 is 1. The molecule has 1 atom stereocenters. The molecular weight excluding hydrogens is 308 g/mol. The van der Waals surface area contributed by atoms with E-state index in [1.807, 2.05) is 20.0 Å². The van der Waals surface area contributed by atoms with E-state index in [1.54, 1.807) is 29.1 Å². The van der Waals surface area contributed by atoms with Crippen molar-refractivity contribution in [2.75, 3.05) is 20.3 Å². The molecule has 2 rings (SSSR count). The lowest BCUT2D eigenvalue weighted by atomic mass is 10.1. The number of hydrogen-bond acceptors (Lipinski definition) is 5. The van der Waals surface area contributed by atoms with E-state index in [2.05, 4.69) is 10.4 Å². The summed E-state index contributed by atoms with van der Waals surface area (Å²) in [5.41, 5.74) is 6.90. The van der Waals surface area contributed by atoms with Crippen molar-refractivity contribution in [2.45, 2.75) is 19.4 Å². The topological polar surface area (TPSA) is 91.4 Å². The Morgan fingerprint density at radius 3 is 2.75 bits per heavy atom. The van der Waals surface area contributed by atoms with Gasteiger partial charge in [0, 0.05) is 25.4 Å². The fourth-order valence-electron chi connectivity index (χ4n) is 2.45. The summed E-state index contributed by atoms with van der Waals surface area (Å²) in [6.07, 6.45) is 2.48. The third-order valence-electron chi connectivity index (χ3n) is 3.73. The Balaban J connectivity index is 2.15. The SMILES string of the molecule is CCC(NC(=O)c1ccc(OCCN)c(OC)c1)c1ccnn1C. The molecule has 1 unspecified atom stereocenters. The van der Waals surface area contributed by atoms with Gasteiger partial charge in [-0.1, -0.05) is 6.92 Å². The Hall–Kier alpha value is -2.54. The van der Waals surface area contributed by atoms with Crippen molar-refractivity contribution in [2.24, 2.45) is 12.8 Å². The van der Waals surface area contributed by atoms with Gasteiger partial charge in [-0.05, 0) is 30.7 Å². The number of carbonyl (C=O) groups excluding carboxylic acids is 1. The molecule has 0 fully saturated rings. The van der Waals surface area contributed by atoms with Crippen LogP contribution in [0.4, 0.5) is 0 Å². The molecule has 0 saturated carbocycles. The van der Waals surface area contributed by atoms with E-state index < -0.39 is 0 Å². The maximum absolute atomic E-state index is 12.6. The number of amides is 1. The third kappa shape index (κ3) is 4.05. The van der Waals surface area contributed by atoms with Crippen molar-refractivity contribution in [3.8, 4) is 11.5 Å². The van der Waals surface area contributed by atoms with E-state index >= 15 is 0 Å². The number of ether oxygens (including phenoxy) is 2. The Labute approximate surface area is 141 Å². The van der Waals surface area contributed by atoms with Gasteiger partial charge in [0.1, 0.15) is 6.61 Å². The Morgan fingerprint density at radius 1 is 1.38 bits per heavy atom. The first-order chi connectivity index (χ1) is 11.6. The van der Waals surface area contributed by atoms with E-state index in [0.29, 0.717) is 30.2 Å². The van der Waals surface area contributed by atoms with Crippen LogP contribution in [0.5, 0.6) is 11.5 Å². The molecule has 7 nitrogen and oxygen atoms in total. The lowest BCUT2D eigenvalue weighted by molar-refractivity contribution is 0.0933. The molecule has 0 radical (unpaired) electrons. The molecule has 0 bridgehead atoms. The first-order valence-corrected chi connectivity index (χ1v) is 7.90. The first-order valence-electron chi connectivity index (χ1n) is 7.90. The summed E-state index contributed by atoms with van der Waals surface area (Å²) in [6, 6.07) is 6.88. The number of nitrogens with zero attached hydrogens (tertiary/aromatic N) is 2. The van der Waals surface area contributed by atoms with Gasteiger partial charge >= 0.3 is 0 Å². The van der Waals surface area contributed by atoms with Gasteiger partial charge in [-0.2, -0.15) is 5.10 Å². The van der Waals surface area contributed by atoms with E-state index in [1.165, 1.54) is 7.11 Å². The molecule has 0 spiro atoms. The predicted molar refractivity (Wildman–Crippen MR) is 91.2 cm³/mol. The molecule has 1 aromatic heterocycles. The summed E-state index contributed by atoms with van der Waals surface area (Å²) in [6.45, 7) is 2.82. The quantitative estimate of drug-likeness (QED) is 0.767. The second-order valence-corrected chi connectivity index (χ2v) is 5.32. The number of hydrogen-bond donors (Lipinski definition) is 2. The lowest BCUT2D eigenvalue weighted by Gasteiger charge is -2.18. The van der Waals surface area contributed by atoms with Crippen LogP contribution in [0.1, 0.15) is 35.4 Å². The van der Waals surface area contributed by atoms with Crippen LogP contribution in [0.25, 0.3) is 0 Å². The number of aryl methyl sites for hydroxylation is 1. The standard InChI is InChI=1S/C17H24N4O3/c1-4-13(14-7-9-19-21(14)2)20-17(22)12-5-6-15(24-10-8-18)16(11-12)23-3/h5-7,9,11,13H,4,8,10,18H2,1-3H3,(H,20,22). The van der Waals surface area contributed by atoms with Crippen LogP contribution in [0.15, 0.2) is 30.5 Å². The van der Waals surface area contributed by atoms with Crippen LogP contribution in [0, 0.1) is 0 Å². The molecule has 130 valence electrons. The van der Waals surface area contributed by atoms with Crippen LogP contribution in [0.2, 0.25) is 0 Å². The molecule has 0 aliphatic rings. The monoisotopic (exact) mass is 332 g/mol. The molecular formula is C17H24N4O3. The highest BCUT2D eigenvalue weighted by molar-refractivity contribution is 5.95. The Kier molecular flexibility index (Phi) is 6.20. The fraction of sp³-hybridized carbons (Fsp3) is 0.412. The third-order valence-corrected chi connectivity index (χ3v) is 3.73. The number of carbonyl (C=O) groups is 1. The van der Waals surface area contributed by atoms with E-state index in [9.17, 15) is 4.79 Å². The zero-order valence-electron chi connectivity index (χ0n) is 14.3. The summed E-state index contributed by atoms with van der Waals surface area (Å²) in [5, 5.41) is 7.18. The van der Waals surface area contributed by atoms with Crippen molar-refractivity contribution in [1.82, 2.24) is 15.1 Å². The van der Waals surface area contributed by atoms with Crippen LogP contribution in [-0.4, -0.2) is 35.9 Å². The van der Waals surface area contributed by atoms with Gasteiger partial charge in [0.25, 0.3) is 5.91 Å². The number of aromatic nitrogens is 2. The zero-order valence-corrected chi connectivity index (χ0v) is 14.3. The molecule has 3 N–H and O–H groups in total. The predicted octanol–water partition coefficient (Wildman–Crippen LogP) is 1.65. The highest BCUT2D eigenvalue weighted by Gasteiger charge is 2.18. The van der Waals surface area contributed by atoms with Crippen molar-refractivity contribution >= 4 is 5.91 Å². The minimum absolute atomic E-state index is 0.107. The molecule has 24 heavy (non-hydrogen) atoms. The first kappa shape index (κ1) is 17.8. The molecule has 1 aromatic carbocycles. The second-order valence-electron chi connectivity index (χ2n) is 5.32. The number of nitrogens with one attached hydrogen (secondary N) is 1. The van der Waals surface area contributed by atoms with Gasteiger partial charge in [-0.3, -0.25) is 9.48 Å². The summed E-state index contributed by atoms with van der Waals surface area (Å²) in [4.78, 5) is 12.6. The number of nitrogens with two attached hydrogens (primary N) is 1. The Morgan fingerprint density at radius 2 is 2.17 bits per heavy atom. The molecule has 1 amide bonds. The average molecular weight is 332 g/mol. The summed E-state index contributed by atoms with van der Waals surface area (Å²) in [7, 11) is 3.40. The normalized spacial score (nSPS) is 11.8. The van der Waals surface area contributed by atoms with Gasteiger partial charge in [0.15, 0.2) is 11.5 Å². The van der Waals surface area contributed by atoms with Gasteiger partial charge in [-0.25, -0.2) is 0 Å². The van der Waals surface area contributed by atoms with Crippen LogP contribution in [0.3, 0.4) is 0 Å². The molecule has 0 aliphatic carbocycles. The summed E-state index contributed by atoms with van der Waals surface area (Å²) < 4.78 is 12.6. The van der Waals surface area contributed by atoms with Crippen molar-refractivity contribution in [3.63, 3.8) is 0 Å². The lowest BCUT2D eigenvalue weighted by Crippen LogP contribution is -2.29. The molecule has 0 saturated heterocycles. The zero-order chi connectivity index (χ0) is 17.5. The van der Waals surface area contributed by atoms with Gasteiger partial charge < -0.3 is 20.5 Å². The van der Waals surface area contributed by atoms with E-state index in [4.69, 9.17) is 15.2 Å². The second kappa shape index (κ2) is 8.35. The van der Waals surface area contributed by atoms with Gasteiger partial charge in [0.05, 0.1) is 18.8 Å². The molecule has 1 heterocycles. The number of rotatable bonds is 8. The maximum Gasteiger partial charge on any atom is 0.251 e. The molecule has 0 aliphatic heterocycles. The number of benzene rings is 1. The maximum atomic E-state index is 12.6. The van der Waals surface area contributed by atoms with Crippen LogP contribution in [-0.2, 0) is 7.05 Å². The Bertz CT molecular complexity index is 684. The van der Waals surface area contributed by atoms with Crippen LogP contribution >= 0.6 is 0 Å². The molecule has 7 heteroatoms. The van der Waals surface area contributed by atoms with Crippen molar-refractivity contribution in [3.05, 3.63) is 41.7 Å². The van der Waals surface area contributed by atoms with Gasteiger partial charge in [-0.15, -0.1) is 0 Å². The molecule has 2 aromatic rings. The minimum Gasteiger partial charge on any atom is -0.493 e. The van der Waals surface area contributed by atoms with Crippen molar-refractivity contribution < 1.29 is 14.3 Å². The summed E-state index contributed by atoms with van der Waals surface area (Å²) >= 11 is 0. The van der Waals surface area contributed by atoms with Crippen LogP contribution < -0.4 is 20.5 Å². The highest BCUT2D eigenvalue weighted by Crippen LogP contribution is 2.28. The largest absolute Gasteiger partial charge is 0.493 e. The van der Waals surface area contributed by atoms with E-state index in [0.717, 1.165) is 12.1 Å². The minimum atomic E-state index is -0.174. The van der Waals surface area contributed by atoms with E-state index in [-0.39, 0.29) is 11.9 Å². The highest BCUT2D eigenvalue weighted by atomic mass is 16.5. The van der Waals surface area contributed by atoms with Gasteiger partial charge in [0.2, 0.25) is 0 Å². The summed E-state index contributed by atoms with van der Waals surface area (Å²) in [5.74, 6) is 0.898. The smallest absolute Gasteiger partial charge is 0.251 e. The average Bonchev–Trinajstić information content (AvgIpc) is 3.03. The fourth-order valence-corrected chi connectivity index (χ4v) is 2.45.